The molecular weight excluding hydrogens is 769 g/mol. The molecule has 0 aliphatic heterocycles. The number of unbranched alkanes of at least 4 members (excludes halogenated alkanes) is 15. The van der Waals surface area contributed by atoms with Crippen LogP contribution in [0.2, 0.25) is 0 Å². The van der Waals surface area contributed by atoms with E-state index in [-0.39, 0.29) is 0 Å². The molecule has 0 nitrogen and oxygen atoms in total. The van der Waals surface area contributed by atoms with Gasteiger partial charge in [-0.3, -0.25) is 0 Å². The highest BCUT2D eigenvalue weighted by Gasteiger charge is 2.22. The minimum Gasteiger partial charge on any atom is -0.143 e. The first-order chi connectivity index (χ1) is 26.7. The minimum atomic E-state index is 1.20. The van der Waals surface area contributed by atoms with E-state index in [1.54, 1.807) is 16.7 Å². The summed E-state index contributed by atoms with van der Waals surface area (Å²) in [6.45, 7) is 6.93. The molecule has 0 bridgehead atoms. The van der Waals surface area contributed by atoms with E-state index in [0.717, 1.165) is 0 Å². The molecule has 7 rings (SSSR count). The van der Waals surface area contributed by atoms with Crippen LogP contribution in [-0.2, 0) is 19.3 Å². The van der Waals surface area contributed by atoms with Gasteiger partial charge in [-0.25, -0.2) is 0 Å². The molecule has 0 saturated carbocycles. The Morgan fingerprint density at radius 2 is 0.630 bits per heavy atom. The quantitative estimate of drug-likeness (QED) is 0.0532. The molecule has 0 atom stereocenters. The molecule has 54 heavy (non-hydrogen) atoms. The van der Waals surface area contributed by atoms with Gasteiger partial charge >= 0.3 is 0 Å². The van der Waals surface area contributed by atoms with E-state index >= 15 is 0 Å². The second-order valence-electron chi connectivity index (χ2n) is 15.4. The summed E-state index contributed by atoms with van der Waals surface area (Å²) in [6, 6.07) is 15.0. The molecule has 0 saturated heterocycles. The standard InChI is InChI=1S/C48H60S6/c1-4-7-10-13-16-19-22-34-25-28-49-43(34)40-31-37-46(52-40)38-32-41(44-35(26-29-50-44)23-20-17-14-11-8-5-2)54-48(38)39-33-42(53-47(37)39)45-36(27-30-51-45)24-21-18-15-12-9-6-3/h25-33H,4-24H2,1-3H3. The summed E-state index contributed by atoms with van der Waals surface area (Å²) in [6.07, 6.45) is 28.0. The van der Waals surface area contributed by atoms with E-state index in [4.69, 9.17) is 0 Å². The first kappa shape index (κ1) is 40.4. The summed E-state index contributed by atoms with van der Waals surface area (Å²) >= 11 is 12.1. The van der Waals surface area contributed by atoms with Crippen LogP contribution in [0.25, 0.3) is 59.5 Å². The number of fused-ring (bicyclic) bond motifs is 6. The third kappa shape index (κ3) is 9.65. The van der Waals surface area contributed by atoms with Gasteiger partial charge in [0.2, 0.25) is 0 Å². The predicted octanol–water partition coefficient (Wildman–Crippen LogP) is 19.2. The van der Waals surface area contributed by atoms with Gasteiger partial charge in [-0.1, -0.05) is 117 Å². The van der Waals surface area contributed by atoms with Crippen molar-refractivity contribution in [2.45, 2.75) is 156 Å². The molecule has 0 unspecified atom stereocenters. The largest absolute Gasteiger partial charge is 0.143 e. The van der Waals surface area contributed by atoms with Crippen LogP contribution in [0.3, 0.4) is 0 Å². The summed E-state index contributed by atoms with van der Waals surface area (Å²) in [7, 11) is 0. The summed E-state index contributed by atoms with van der Waals surface area (Å²) in [5.74, 6) is 0. The average Bonchev–Trinajstić information content (AvgIpc) is 4.03. The highest BCUT2D eigenvalue weighted by molar-refractivity contribution is 7.32. The zero-order chi connectivity index (χ0) is 37.1. The Labute approximate surface area is 349 Å². The third-order valence-corrected chi connectivity index (χ3v) is 18.2. The molecule has 6 aromatic heterocycles. The molecule has 0 spiro atoms. The van der Waals surface area contributed by atoms with Crippen molar-refractivity contribution < 1.29 is 0 Å². The van der Waals surface area contributed by atoms with Gasteiger partial charge in [-0.15, -0.1) is 68.0 Å². The zero-order valence-electron chi connectivity index (χ0n) is 33.0. The normalized spacial score (nSPS) is 12.1. The van der Waals surface area contributed by atoms with Crippen molar-refractivity contribution in [1.82, 2.24) is 0 Å². The van der Waals surface area contributed by atoms with Crippen molar-refractivity contribution in [1.29, 1.82) is 0 Å². The van der Waals surface area contributed by atoms with Crippen molar-refractivity contribution in [3.63, 3.8) is 0 Å². The first-order valence-corrected chi connectivity index (χ1v) is 26.4. The number of benzene rings is 1. The maximum atomic E-state index is 2.58. The average molecular weight is 829 g/mol. The number of thiophene rings is 6. The maximum Gasteiger partial charge on any atom is 0.0474 e. The van der Waals surface area contributed by atoms with E-state index in [0.29, 0.717) is 0 Å². The molecule has 6 heterocycles. The van der Waals surface area contributed by atoms with E-state index in [2.05, 4.69) is 107 Å². The van der Waals surface area contributed by atoms with E-state index in [1.165, 1.54) is 194 Å². The van der Waals surface area contributed by atoms with Crippen molar-refractivity contribution in [2.24, 2.45) is 0 Å². The summed E-state index contributed by atoms with van der Waals surface area (Å²) in [4.78, 5) is 8.94. The molecule has 0 radical (unpaired) electrons. The smallest absolute Gasteiger partial charge is 0.0474 e. The second-order valence-corrected chi connectivity index (χ2v) is 21.3. The van der Waals surface area contributed by atoms with Gasteiger partial charge in [0, 0.05) is 59.5 Å². The summed E-state index contributed by atoms with van der Waals surface area (Å²) in [5, 5.41) is 11.5. The Kier molecular flexibility index (Phi) is 15.4. The lowest BCUT2D eigenvalue weighted by atomic mass is 10.0. The van der Waals surface area contributed by atoms with Gasteiger partial charge in [0.25, 0.3) is 0 Å². The maximum absolute atomic E-state index is 2.58. The van der Waals surface area contributed by atoms with Gasteiger partial charge in [-0.05, 0) is 108 Å². The van der Waals surface area contributed by atoms with Crippen molar-refractivity contribution in [2.75, 3.05) is 0 Å². The lowest BCUT2D eigenvalue weighted by molar-refractivity contribution is 0.608. The number of hydrogen-bond donors (Lipinski definition) is 0. The summed E-state index contributed by atoms with van der Waals surface area (Å²) < 4.78 is 4.49. The fraction of sp³-hybridized carbons (Fsp3) is 0.500. The number of rotatable bonds is 24. The van der Waals surface area contributed by atoms with E-state index in [1.807, 2.05) is 34.0 Å². The van der Waals surface area contributed by atoms with Gasteiger partial charge in [0.05, 0.1) is 0 Å². The van der Waals surface area contributed by atoms with Gasteiger partial charge < -0.3 is 0 Å². The van der Waals surface area contributed by atoms with Crippen LogP contribution in [0.4, 0.5) is 0 Å². The molecule has 0 amide bonds. The van der Waals surface area contributed by atoms with Crippen LogP contribution in [0.1, 0.15) is 153 Å². The molecular formula is C48H60S6. The Morgan fingerprint density at radius 1 is 0.352 bits per heavy atom. The number of hydrogen-bond acceptors (Lipinski definition) is 6. The van der Waals surface area contributed by atoms with E-state index < -0.39 is 0 Å². The Bertz CT molecular complexity index is 1830. The van der Waals surface area contributed by atoms with Crippen LogP contribution < -0.4 is 0 Å². The zero-order valence-corrected chi connectivity index (χ0v) is 37.9. The lowest BCUT2D eigenvalue weighted by Crippen LogP contribution is -1.86. The van der Waals surface area contributed by atoms with Crippen LogP contribution in [0.5, 0.6) is 0 Å². The SMILES string of the molecule is CCCCCCCCc1ccsc1-c1cc2c(s1)c1cc(-c3sccc3CCCCCCCC)sc1c1cc(-c3sccc3CCCCCCCC)sc21. The van der Waals surface area contributed by atoms with Crippen LogP contribution in [0.15, 0.2) is 52.5 Å². The molecule has 0 fully saturated rings. The summed E-state index contributed by atoms with van der Waals surface area (Å²) in [5.41, 5.74) is 4.68. The molecule has 0 N–H and O–H groups in total. The fourth-order valence-electron chi connectivity index (χ4n) is 8.15. The first-order valence-electron chi connectivity index (χ1n) is 21.3. The third-order valence-electron chi connectivity index (χ3n) is 11.2. The highest BCUT2D eigenvalue weighted by atomic mass is 32.1. The molecule has 0 aliphatic carbocycles. The van der Waals surface area contributed by atoms with Crippen molar-refractivity contribution >= 4 is 98.3 Å². The van der Waals surface area contributed by atoms with Crippen LogP contribution in [0, 0.1) is 0 Å². The molecule has 1 aromatic carbocycles. The molecule has 288 valence electrons. The molecule has 7 aromatic rings. The Morgan fingerprint density at radius 3 is 0.926 bits per heavy atom. The van der Waals surface area contributed by atoms with Gasteiger partial charge in [0.1, 0.15) is 0 Å². The number of aryl methyl sites for hydroxylation is 3. The van der Waals surface area contributed by atoms with Crippen molar-refractivity contribution in [3.8, 4) is 29.3 Å². The van der Waals surface area contributed by atoms with Crippen LogP contribution in [-0.4, -0.2) is 0 Å². The van der Waals surface area contributed by atoms with Gasteiger partial charge in [-0.2, -0.15) is 0 Å². The minimum absolute atomic E-state index is 1.20. The lowest BCUT2D eigenvalue weighted by Gasteiger charge is -2.03. The monoisotopic (exact) mass is 828 g/mol. The second kappa shape index (κ2) is 20.6. The predicted molar refractivity (Wildman–Crippen MR) is 254 cm³/mol. The van der Waals surface area contributed by atoms with Crippen LogP contribution >= 0.6 is 68.0 Å². The molecule has 0 aliphatic rings. The molecule has 6 heteroatoms. The van der Waals surface area contributed by atoms with E-state index in [9.17, 15) is 0 Å². The fourth-order valence-corrected chi connectivity index (χ4v) is 15.2. The Hall–Kier alpha value is -1.80. The van der Waals surface area contributed by atoms with Gasteiger partial charge in [0.15, 0.2) is 0 Å². The topological polar surface area (TPSA) is 0 Å². The highest BCUT2D eigenvalue weighted by Crippen LogP contribution is 2.52. The Balaban J connectivity index is 1.23. The van der Waals surface area contributed by atoms with Crippen molar-refractivity contribution in [3.05, 3.63) is 69.2 Å².